The van der Waals surface area contributed by atoms with Gasteiger partial charge in [0.15, 0.2) is 0 Å². The van der Waals surface area contributed by atoms with Crippen molar-refractivity contribution < 1.29 is 25.8 Å². The Morgan fingerprint density at radius 3 is 1.78 bits per heavy atom. The van der Waals surface area contributed by atoms with E-state index in [1.54, 1.807) is 0 Å². The van der Waals surface area contributed by atoms with Crippen molar-refractivity contribution in [2.45, 2.75) is 64.7 Å². The minimum atomic E-state index is -0.388. The third-order valence-corrected chi connectivity index (χ3v) is 14.3. The van der Waals surface area contributed by atoms with Crippen LogP contribution in [-0.2, 0) is 37.3 Å². The van der Waals surface area contributed by atoms with Crippen molar-refractivity contribution in [3.8, 4) is 28.4 Å². The molecule has 0 fully saturated rings. The van der Waals surface area contributed by atoms with Gasteiger partial charge in [-0.25, -0.2) is 4.98 Å². The molecule has 2 aromatic heterocycles. The Bertz CT molecular complexity index is 3580. The van der Waals surface area contributed by atoms with E-state index in [0.717, 1.165) is 66.9 Å². The van der Waals surface area contributed by atoms with Crippen molar-refractivity contribution in [1.82, 2.24) is 9.55 Å². The molecule has 0 N–H and O–H groups in total. The van der Waals surface area contributed by atoms with E-state index in [1.807, 2.05) is 12.3 Å². The fourth-order valence-corrected chi connectivity index (χ4v) is 9.90. The van der Waals surface area contributed by atoms with Gasteiger partial charge in [0.1, 0.15) is 5.82 Å². The summed E-state index contributed by atoms with van der Waals surface area (Å²) in [6, 6.07) is 78.5. The summed E-state index contributed by atoms with van der Waals surface area (Å²) in [6.45, 7) is 18.0. The average molecular weight is 1120 g/mol. The van der Waals surface area contributed by atoms with Gasteiger partial charge in [0.05, 0.1) is 0 Å². The van der Waals surface area contributed by atoms with Crippen LogP contribution in [0.5, 0.6) is 11.5 Å². The summed E-state index contributed by atoms with van der Waals surface area (Å²) in [4.78, 5) is 9.52. The summed E-state index contributed by atoms with van der Waals surface area (Å²) in [5, 5.41) is 2.17. The minimum Gasteiger partial charge on any atom is -0.509 e. The van der Waals surface area contributed by atoms with Crippen molar-refractivity contribution in [1.29, 1.82) is 0 Å². The first-order valence-corrected chi connectivity index (χ1v) is 24.5. The zero-order valence-electron chi connectivity index (χ0n) is 41.8. The summed E-state index contributed by atoms with van der Waals surface area (Å²) in [5.41, 5.74) is 13.6. The zero-order chi connectivity index (χ0) is 48.9. The Kier molecular flexibility index (Phi) is 12.9. The quantitative estimate of drug-likeness (QED) is 0.121. The molecule has 11 rings (SSSR count). The van der Waals surface area contributed by atoms with Crippen molar-refractivity contribution in [2.24, 2.45) is 0 Å². The van der Waals surface area contributed by atoms with E-state index in [0.29, 0.717) is 11.5 Å². The number of fused-ring (bicyclic) bond motifs is 3. The van der Waals surface area contributed by atoms with Gasteiger partial charge in [0.2, 0.25) is 0 Å². The third-order valence-electron chi connectivity index (χ3n) is 14.3. The molecule has 1 aliphatic rings. The first-order chi connectivity index (χ1) is 34.3. The van der Waals surface area contributed by atoms with Gasteiger partial charge in [-0.3, -0.25) is 0 Å². The van der Waals surface area contributed by atoms with E-state index in [9.17, 15) is 0 Å². The Morgan fingerprint density at radius 1 is 0.486 bits per heavy atom. The second-order valence-electron chi connectivity index (χ2n) is 20.7. The number of anilines is 2. The van der Waals surface area contributed by atoms with E-state index in [1.165, 1.54) is 22.3 Å². The molecule has 10 aromatic rings. The molecule has 6 heteroatoms. The first-order valence-electron chi connectivity index (χ1n) is 24.5. The molecule has 0 saturated carbocycles. The van der Waals surface area contributed by atoms with Gasteiger partial charge in [-0.1, -0.05) is 200 Å². The van der Waals surface area contributed by atoms with Crippen LogP contribution >= 0.6 is 0 Å². The molecule has 1 aliphatic heterocycles. The Morgan fingerprint density at radius 2 is 1.11 bits per heavy atom. The number of pyridine rings is 1. The van der Waals surface area contributed by atoms with Gasteiger partial charge in [-0.05, 0) is 91.7 Å². The molecule has 8 aromatic carbocycles. The van der Waals surface area contributed by atoms with Gasteiger partial charge < -0.3 is 19.1 Å². The maximum absolute atomic E-state index is 7.06. The molecule has 0 radical (unpaired) electrons. The van der Waals surface area contributed by atoms with E-state index >= 15 is 0 Å². The predicted molar refractivity (Wildman–Crippen MR) is 294 cm³/mol. The SMILES string of the molecule is CC(C)(C)c1cccc(N2C=C(c3ccccc3)N(c3[c-]c(Oc4[c-]c5c(cc4)c4cc(-c6ccccc6)ccc4n5-c4cc(C(C)(C)c5ccccc5)ccn4)cc(C(C)(C)c4ccccc4)c3)[CH-]2)c1.[Pt]. The van der Waals surface area contributed by atoms with Gasteiger partial charge >= 0.3 is 0 Å². The van der Waals surface area contributed by atoms with Crippen molar-refractivity contribution in [3.63, 3.8) is 0 Å². The second-order valence-corrected chi connectivity index (χ2v) is 20.7. The van der Waals surface area contributed by atoms with Gasteiger partial charge in [0.25, 0.3) is 0 Å². The van der Waals surface area contributed by atoms with Crippen LogP contribution in [0.15, 0.2) is 213 Å². The normalized spacial score (nSPS) is 13.1. The summed E-state index contributed by atoms with van der Waals surface area (Å²) in [6.07, 6.45) is 4.15. The molecule has 0 bridgehead atoms. The smallest absolute Gasteiger partial charge is 0.135 e. The van der Waals surface area contributed by atoms with Gasteiger partial charge in [0, 0.05) is 61.1 Å². The van der Waals surface area contributed by atoms with E-state index in [4.69, 9.17) is 9.72 Å². The summed E-state index contributed by atoms with van der Waals surface area (Å²) >= 11 is 0. The van der Waals surface area contributed by atoms with Crippen LogP contribution in [-0.4, -0.2) is 9.55 Å². The van der Waals surface area contributed by atoms with Crippen molar-refractivity contribution in [2.75, 3.05) is 9.80 Å². The molecule has 0 amide bonds. The van der Waals surface area contributed by atoms with Crippen LogP contribution in [0.1, 0.15) is 81.8 Å². The summed E-state index contributed by atoms with van der Waals surface area (Å²) < 4.78 is 9.30. The Hall–Kier alpha value is -7.46. The molecule has 0 atom stereocenters. The molecule has 0 saturated heterocycles. The molecular weight excluding hydrogens is 1060 g/mol. The van der Waals surface area contributed by atoms with Gasteiger partial charge in [-0.2, -0.15) is 6.07 Å². The number of hydrogen-bond acceptors (Lipinski definition) is 4. The topological polar surface area (TPSA) is 33.5 Å². The maximum atomic E-state index is 7.06. The van der Waals surface area contributed by atoms with Crippen molar-refractivity contribution in [3.05, 3.63) is 265 Å². The van der Waals surface area contributed by atoms with Gasteiger partial charge in [-0.15, -0.1) is 53.6 Å². The number of ether oxygens (including phenoxy) is 1. The third kappa shape index (κ3) is 9.19. The number of hydrogen-bond donors (Lipinski definition) is 0. The van der Waals surface area contributed by atoms with Crippen LogP contribution in [0.25, 0.3) is 44.4 Å². The fraction of sp³-hybridized carbons (Fsp3) is 0.152. The van der Waals surface area contributed by atoms with Crippen LogP contribution in [0.4, 0.5) is 11.4 Å². The first kappa shape index (κ1) is 48.2. The van der Waals surface area contributed by atoms with Crippen LogP contribution in [0.3, 0.4) is 0 Å². The molecule has 0 spiro atoms. The summed E-state index contributed by atoms with van der Waals surface area (Å²) in [5.74, 6) is 1.98. The number of nitrogens with zero attached hydrogens (tertiary/aromatic N) is 4. The molecule has 360 valence electrons. The standard InChI is InChI=1S/C66H57N4O.Pt/c1-64(2,3)51-29-20-30-54(38-51)68-44-62(47-23-14-9-15-24-47)69(45-68)55-39-53(66(6,7)50-27-18-11-19-28-50)40-57(42-55)71-56-32-33-58-59-37-48(46-21-12-8-13-22-46)31-34-60(59)70(61(58)43-56)63-41-52(35-36-67-63)65(4,5)49-25-16-10-17-26-49;/h8-41,44-45H,1-7H3;/q-3;. The van der Waals surface area contributed by atoms with E-state index in [-0.39, 0.29) is 37.3 Å². The molecule has 72 heavy (non-hydrogen) atoms. The molecule has 0 unspecified atom stereocenters. The van der Waals surface area contributed by atoms with Crippen LogP contribution in [0, 0.1) is 18.8 Å². The molecule has 0 aliphatic carbocycles. The van der Waals surface area contributed by atoms with E-state index in [2.05, 4.69) is 282 Å². The van der Waals surface area contributed by atoms with E-state index < -0.39 is 0 Å². The Labute approximate surface area is 439 Å². The van der Waals surface area contributed by atoms with Crippen LogP contribution < -0.4 is 14.5 Å². The molecule has 5 nitrogen and oxygen atoms in total. The summed E-state index contributed by atoms with van der Waals surface area (Å²) in [7, 11) is 0. The number of rotatable bonds is 11. The largest absolute Gasteiger partial charge is 0.509 e. The number of aromatic nitrogens is 2. The van der Waals surface area contributed by atoms with Crippen molar-refractivity contribution >= 4 is 38.9 Å². The number of benzene rings is 8. The minimum absolute atomic E-state index is 0. The molecular formula is C66H57N4OPt-3. The average Bonchev–Trinajstić information content (AvgIpc) is 3.99. The second kappa shape index (κ2) is 19.3. The Balaban J connectivity index is 0.00000596. The zero-order valence-corrected chi connectivity index (χ0v) is 44.1. The maximum Gasteiger partial charge on any atom is 0.135 e. The monoisotopic (exact) mass is 1120 g/mol. The van der Waals surface area contributed by atoms with Crippen LogP contribution in [0.2, 0.25) is 0 Å². The molecule has 3 heterocycles. The fourth-order valence-electron chi connectivity index (χ4n) is 9.90. The predicted octanol–water partition coefficient (Wildman–Crippen LogP) is 16.6.